The lowest BCUT2D eigenvalue weighted by molar-refractivity contribution is -0.137. The minimum atomic E-state index is -0.800. The lowest BCUT2D eigenvalue weighted by atomic mass is 10.1. The maximum absolute atomic E-state index is 10.8. The summed E-state index contributed by atoms with van der Waals surface area (Å²) in [7, 11) is 0. The average molecular weight is 295 g/mol. The largest absolute Gasteiger partial charge is 0.481 e. The van der Waals surface area contributed by atoms with Crippen LogP contribution in [0.5, 0.6) is 0 Å². The van der Waals surface area contributed by atoms with E-state index in [2.05, 4.69) is 23.4 Å². The number of carbonyl (C=O) groups is 1. The third kappa shape index (κ3) is 3.51. The second kappa shape index (κ2) is 6.27. The van der Waals surface area contributed by atoms with Crippen molar-refractivity contribution >= 4 is 28.6 Å². The Labute approximate surface area is 123 Å². The van der Waals surface area contributed by atoms with Crippen LogP contribution < -0.4 is 0 Å². The summed E-state index contributed by atoms with van der Waals surface area (Å²) >= 11 is 5.99. The quantitative estimate of drug-likeness (QED) is 0.882. The molecule has 0 saturated carbocycles. The Morgan fingerprint density at radius 2 is 2.20 bits per heavy atom. The summed E-state index contributed by atoms with van der Waals surface area (Å²) in [6.07, 6.45) is 1.58. The van der Waals surface area contributed by atoms with Crippen molar-refractivity contribution in [2.24, 2.45) is 5.92 Å². The number of halogens is 1. The fraction of sp³-hybridized carbons (Fsp3) is 0.467. The van der Waals surface area contributed by atoms with Gasteiger partial charge in [-0.3, -0.25) is 4.79 Å². The number of aromatic nitrogens is 2. The van der Waals surface area contributed by atoms with Crippen LogP contribution in [-0.2, 0) is 17.8 Å². The van der Waals surface area contributed by atoms with E-state index in [1.165, 1.54) is 0 Å². The lowest BCUT2D eigenvalue weighted by Crippen LogP contribution is -2.08. The molecule has 2 aromatic rings. The highest BCUT2D eigenvalue weighted by Gasteiger charge is 2.12. The summed E-state index contributed by atoms with van der Waals surface area (Å²) in [6, 6.07) is 5.63. The topological polar surface area (TPSA) is 55.1 Å². The zero-order valence-corrected chi connectivity index (χ0v) is 12.5. The van der Waals surface area contributed by atoms with Gasteiger partial charge in [-0.25, -0.2) is 4.98 Å². The third-order valence-electron chi connectivity index (χ3n) is 3.28. The molecule has 4 nitrogen and oxygen atoms in total. The van der Waals surface area contributed by atoms with Crippen LogP contribution in [0.25, 0.3) is 11.0 Å². The van der Waals surface area contributed by atoms with Gasteiger partial charge in [0.15, 0.2) is 0 Å². The van der Waals surface area contributed by atoms with Crippen molar-refractivity contribution in [1.29, 1.82) is 0 Å². The minimum absolute atomic E-state index is 0.0960. The number of fused-ring (bicyclic) bond motifs is 1. The van der Waals surface area contributed by atoms with Crippen LogP contribution in [0.3, 0.4) is 0 Å². The number of rotatable bonds is 6. The van der Waals surface area contributed by atoms with E-state index >= 15 is 0 Å². The number of hydrogen-bond acceptors (Lipinski definition) is 2. The summed E-state index contributed by atoms with van der Waals surface area (Å²) in [5.41, 5.74) is 1.86. The number of carboxylic acid groups (broad SMARTS) is 1. The van der Waals surface area contributed by atoms with Crippen LogP contribution in [0.4, 0.5) is 0 Å². The minimum Gasteiger partial charge on any atom is -0.481 e. The molecule has 108 valence electrons. The van der Waals surface area contributed by atoms with Crippen LogP contribution in [-0.4, -0.2) is 20.6 Å². The number of benzene rings is 1. The van der Waals surface area contributed by atoms with Gasteiger partial charge >= 0.3 is 5.97 Å². The van der Waals surface area contributed by atoms with Crippen molar-refractivity contribution in [3.8, 4) is 0 Å². The van der Waals surface area contributed by atoms with E-state index in [0.29, 0.717) is 17.4 Å². The van der Waals surface area contributed by atoms with E-state index in [1.54, 1.807) is 0 Å². The Bertz CT molecular complexity index is 620. The molecule has 0 atom stereocenters. The van der Waals surface area contributed by atoms with Gasteiger partial charge in [0.1, 0.15) is 5.82 Å². The first-order valence-corrected chi connectivity index (χ1v) is 7.21. The van der Waals surface area contributed by atoms with Crippen LogP contribution in [0.15, 0.2) is 18.2 Å². The van der Waals surface area contributed by atoms with Gasteiger partial charge < -0.3 is 9.67 Å². The number of hydrogen-bond donors (Lipinski definition) is 1. The summed E-state index contributed by atoms with van der Waals surface area (Å²) in [4.78, 5) is 15.3. The fourth-order valence-electron chi connectivity index (χ4n) is 2.20. The van der Waals surface area contributed by atoms with E-state index in [4.69, 9.17) is 16.7 Å². The molecule has 0 saturated heterocycles. The lowest BCUT2D eigenvalue weighted by Gasteiger charge is -2.10. The van der Waals surface area contributed by atoms with Crippen LogP contribution in [0, 0.1) is 5.92 Å². The van der Waals surface area contributed by atoms with Gasteiger partial charge in [0.05, 0.1) is 17.5 Å². The molecular weight excluding hydrogens is 276 g/mol. The monoisotopic (exact) mass is 294 g/mol. The molecule has 1 N–H and O–H groups in total. The Kier molecular flexibility index (Phi) is 4.65. The zero-order chi connectivity index (χ0) is 14.7. The molecule has 1 aromatic heterocycles. The number of nitrogens with zero attached hydrogens (tertiary/aromatic N) is 2. The molecule has 1 heterocycles. The predicted octanol–water partition coefficient (Wildman–Crippen LogP) is 3.75. The Morgan fingerprint density at radius 3 is 2.85 bits per heavy atom. The summed E-state index contributed by atoms with van der Waals surface area (Å²) < 4.78 is 2.12. The van der Waals surface area contributed by atoms with Gasteiger partial charge in [0.2, 0.25) is 0 Å². The fourth-order valence-corrected chi connectivity index (χ4v) is 2.37. The van der Waals surface area contributed by atoms with Crippen LogP contribution in [0.1, 0.15) is 32.5 Å². The normalized spacial score (nSPS) is 11.4. The van der Waals surface area contributed by atoms with Crippen molar-refractivity contribution < 1.29 is 9.90 Å². The molecule has 2 rings (SSSR count). The van der Waals surface area contributed by atoms with Crippen molar-refractivity contribution in [2.45, 2.75) is 39.7 Å². The van der Waals surface area contributed by atoms with E-state index in [1.807, 2.05) is 18.2 Å². The predicted molar refractivity (Wildman–Crippen MR) is 80.2 cm³/mol. The molecule has 0 bridgehead atoms. The molecule has 0 aliphatic rings. The second-order valence-electron chi connectivity index (χ2n) is 5.39. The first-order chi connectivity index (χ1) is 9.47. The van der Waals surface area contributed by atoms with Gasteiger partial charge in [-0.2, -0.15) is 0 Å². The third-order valence-corrected chi connectivity index (χ3v) is 3.52. The maximum atomic E-state index is 10.8. The molecule has 0 aliphatic heterocycles. The van der Waals surface area contributed by atoms with E-state index in [-0.39, 0.29) is 6.42 Å². The maximum Gasteiger partial charge on any atom is 0.303 e. The van der Waals surface area contributed by atoms with Crippen LogP contribution >= 0.6 is 11.6 Å². The summed E-state index contributed by atoms with van der Waals surface area (Å²) in [6.45, 7) is 5.20. The SMILES string of the molecule is CC(C)CCn1c(CCC(=O)O)nc2cc(Cl)ccc21. The standard InChI is InChI=1S/C15H19ClN2O2/c1-10(2)7-8-18-13-4-3-11(16)9-12(13)17-14(18)5-6-15(19)20/h3-4,9-10H,5-8H2,1-2H3,(H,19,20). The second-order valence-corrected chi connectivity index (χ2v) is 5.83. The number of aliphatic carboxylic acids is 1. The molecule has 0 unspecified atom stereocenters. The Balaban J connectivity index is 2.36. The van der Waals surface area contributed by atoms with Crippen LogP contribution in [0.2, 0.25) is 5.02 Å². The highest BCUT2D eigenvalue weighted by molar-refractivity contribution is 6.31. The number of carboxylic acids is 1. The summed E-state index contributed by atoms with van der Waals surface area (Å²) in [5, 5.41) is 9.49. The average Bonchev–Trinajstić information content (AvgIpc) is 2.70. The van der Waals surface area contributed by atoms with Crippen molar-refractivity contribution in [3.63, 3.8) is 0 Å². The Morgan fingerprint density at radius 1 is 1.45 bits per heavy atom. The van der Waals surface area contributed by atoms with Gasteiger partial charge in [-0.15, -0.1) is 0 Å². The highest BCUT2D eigenvalue weighted by Crippen LogP contribution is 2.22. The summed E-state index contributed by atoms with van der Waals surface area (Å²) in [5.74, 6) is 0.614. The smallest absolute Gasteiger partial charge is 0.303 e. The highest BCUT2D eigenvalue weighted by atomic mass is 35.5. The van der Waals surface area contributed by atoms with Gasteiger partial charge in [0.25, 0.3) is 0 Å². The molecule has 1 aromatic carbocycles. The molecule has 0 amide bonds. The van der Waals surface area contributed by atoms with E-state index in [0.717, 1.165) is 29.8 Å². The van der Waals surface area contributed by atoms with E-state index in [9.17, 15) is 4.79 Å². The van der Waals surface area contributed by atoms with Gasteiger partial charge in [-0.05, 0) is 30.5 Å². The van der Waals surface area contributed by atoms with Gasteiger partial charge in [-0.1, -0.05) is 25.4 Å². The van der Waals surface area contributed by atoms with E-state index < -0.39 is 5.97 Å². The molecule has 20 heavy (non-hydrogen) atoms. The molecule has 0 radical (unpaired) electrons. The molecule has 5 heteroatoms. The first-order valence-electron chi connectivity index (χ1n) is 6.84. The molecular formula is C15H19ClN2O2. The van der Waals surface area contributed by atoms with Crippen molar-refractivity contribution in [1.82, 2.24) is 9.55 Å². The molecule has 0 aliphatic carbocycles. The Hall–Kier alpha value is -1.55. The zero-order valence-electron chi connectivity index (χ0n) is 11.8. The molecule has 0 spiro atoms. The number of imidazole rings is 1. The number of aryl methyl sites for hydroxylation is 2. The first kappa shape index (κ1) is 14.9. The van der Waals surface area contributed by atoms with Crippen molar-refractivity contribution in [2.75, 3.05) is 0 Å². The van der Waals surface area contributed by atoms with Gasteiger partial charge in [0, 0.05) is 18.0 Å². The van der Waals surface area contributed by atoms with Crippen molar-refractivity contribution in [3.05, 3.63) is 29.0 Å². The molecule has 0 fully saturated rings.